The maximum absolute atomic E-state index is 12.3. The Hall–Kier alpha value is -2.63. The zero-order valence-corrected chi connectivity index (χ0v) is 18.0. The first kappa shape index (κ1) is 22.1. The number of carbonyl (C=O) groups excluding carboxylic acids is 2. The van der Waals surface area contributed by atoms with Gasteiger partial charge in [-0.2, -0.15) is 0 Å². The number of anilines is 1. The molecule has 11 heteroatoms. The number of carbonyl (C=O) groups is 2. The molecule has 2 aromatic rings. The number of rotatable bonds is 6. The van der Waals surface area contributed by atoms with Crippen molar-refractivity contribution in [3.05, 3.63) is 41.3 Å². The Bertz CT molecular complexity index is 1010. The lowest BCUT2D eigenvalue weighted by atomic mass is 10.2. The summed E-state index contributed by atoms with van der Waals surface area (Å²) in [4.78, 5) is 26.1. The van der Waals surface area contributed by atoms with Crippen LogP contribution in [0.1, 0.15) is 24.2 Å². The predicted octanol–water partition coefficient (Wildman–Crippen LogP) is 2.05. The summed E-state index contributed by atoms with van der Waals surface area (Å²) in [5.41, 5.74) is -0.0876. The Morgan fingerprint density at radius 1 is 1.27 bits per heavy atom. The van der Waals surface area contributed by atoms with Crippen LogP contribution in [0.4, 0.5) is 5.69 Å². The van der Waals surface area contributed by atoms with Crippen LogP contribution in [-0.2, 0) is 24.3 Å². The van der Waals surface area contributed by atoms with E-state index in [1.807, 2.05) is 13.8 Å². The van der Waals surface area contributed by atoms with Crippen LogP contribution in [0.15, 0.2) is 39.9 Å². The first-order chi connectivity index (χ1) is 14.2. The first-order valence-electron chi connectivity index (χ1n) is 9.15. The van der Waals surface area contributed by atoms with E-state index in [0.717, 1.165) is 17.4 Å². The highest BCUT2D eigenvalue weighted by molar-refractivity contribution is 7.94. The Balaban J connectivity index is 1.61. The van der Waals surface area contributed by atoms with E-state index in [4.69, 9.17) is 9.47 Å². The highest BCUT2D eigenvalue weighted by Crippen LogP contribution is 2.26. The Morgan fingerprint density at radius 2 is 1.97 bits per heavy atom. The number of benzene rings is 1. The van der Waals surface area contributed by atoms with Gasteiger partial charge in [0.2, 0.25) is 0 Å². The van der Waals surface area contributed by atoms with Crippen molar-refractivity contribution in [2.24, 2.45) is 0 Å². The summed E-state index contributed by atoms with van der Waals surface area (Å²) < 4.78 is 37.5. The van der Waals surface area contributed by atoms with E-state index in [-0.39, 0.29) is 33.6 Å². The topological polar surface area (TPSA) is 122 Å². The van der Waals surface area contributed by atoms with Crippen molar-refractivity contribution in [1.29, 1.82) is 0 Å². The highest BCUT2D eigenvalue weighted by Gasteiger charge is 2.27. The van der Waals surface area contributed by atoms with Crippen molar-refractivity contribution in [1.82, 2.24) is 4.90 Å². The van der Waals surface area contributed by atoms with Crippen molar-refractivity contribution in [3.63, 3.8) is 0 Å². The van der Waals surface area contributed by atoms with Crippen LogP contribution in [0.25, 0.3) is 0 Å². The number of nitrogens with zero attached hydrogens (tertiary/aromatic N) is 1. The van der Waals surface area contributed by atoms with Crippen molar-refractivity contribution < 1.29 is 32.6 Å². The zero-order chi connectivity index (χ0) is 21.9. The molecule has 2 unspecified atom stereocenters. The van der Waals surface area contributed by atoms with Gasteiger partial charge in [-0.15, -0.1) is 11.3 Å². The van der Waals surface area contributed by atoms with Gasteiger partial charge in [0.25, 0.3) is 15.9 Å². The SMILES string of the molecule is CC1CN(C(=O)COC(=O)c2ccc(NS(=O)(=O)c3cccs3)cc2O)CC(C)O1. The highest BCUT2D eigenvalue weighted by atomic mass is 32.2. The van der Waals surface area contributed by atoms with Gasteiger partial charge in [0.15, 0.2) is 6.61 Å². The van der Waals surface area contributed by atoms with E-state index in [2.05, 4.69) is 4.72 Å². The minimum absolute atomic E-state index is 0.0878. The van der Waals surface area contributed by atoms with Crippen LogP contribution in [0.3, 0.4) is 0 Å². The number of hydrogen-bond donors (Lipinski definition) is 2. The lowest BCUT2D eigenvalue weighted by molar-refractivity contribution is -0.146. The summed E-state index contributed by atoms with van der Waals surface area (Å²) >= 11 is 1.05. The molecule has 0 bridgehead atoms. The van der Waals surface area contributed by atoms with E-state index < -0.39 is 28.3 Å². The van der Waals surface area contributed by atoms with Crippen molar-refractivity contribution in [3.8, 4) is 5.75 Å². The molecule has 0 radical (unpaired) electrons. The Kier molecular flexibility index (Phi) is 6.64. The third kappa shape index (κ3) is 5.29. The second kappa shape index (κ2) is 9.02. The van der Waals surface area contributed by atoms with Gasteiger partial charge in [0.1, 0.15) is 15.5 Å². The average Bonchev–Trinajstić information content (AvgIpc) is 3.20. The lowest BCUT2D eigenvalue weighted by Gasteiger charge is -2.35. The largest absolute Gasteiger partial charge is 0.507 e. The van der Waals surface area contributed by atoms with Crippen LogP contribution in [-0.4, -0.2) is 62.2 Å². The number of phenols is 1. The van der Waals surface area contributed by atoms with Gasteiger partial charge in [0.05, 0.1) is 17.9 Å². The third-order valence-electron chi connectivity index (χ3n) is 4.33. The Morgan fingerprint density at radius 3 is 2.57 bits per heavy atom. The second-order valence-electron chi connectivity index (χ2n) is 6.90. The molecule has 3 rings (SSSR count). The number of phenolic OH excluding ortho intramolecular Hbond substituents is 1. The number of aromatic hydroxyl groups is 1. The van der Waals surface area contributed by atoms with Gasteiger partial charge in [-0.1, -0.05) is 6.07 Å². The summed E-state index contributed by atoms with van der Waals surface area (Å²) in [6.45, 7) is 4.06. The fraction of sp³-hybridized carbons (Fsp3) is 0.368. The molecule has 2 atom stereocenters. The normalized spacial score (nSPS) is 19.3. The van der Waals surface area contributed by atoms with Crippen molar-refractivity contribution in [2.75, 3.05) is 24.4 Å². The summed E-state index contributed by atoms with van der Waals surface area (Å²) in [6.07, 6.45) is -0.217. The number of amides is 1. The van der Waals surface area contributed by atoms with E-state index in [0.29, 0.717) is 13.1 Å². The average molecular weight is 455 g/mol. The molecule has 0 aliphatic carbocycles. The molecule has 1 aliphatic rings. The molecule has 9 nitrogen and oxygen atoms in total. The van der Waals surface area contributed by atoms with Crippen LogP contribution in [0, 0.1) is 0 Å². The van der Waals surface area contributed by atoms with Gasteiger partial charge in [0, 0.05) is 19.2 Å². The lowest BCUT2D eigenvalue weighted by Crippen LogP contribution is -2.49. The standard InChI is InChI=1S/C19H22N2O7S2/c1-12-9-21(10-13(2)28-12)17(23)11-27-19(24)15-6-5-14(8-16(15)22)20-30(25,26)18-4-3-7-29-18/h3-8,12-13,20,22H,9-11H2,1-2H3. The van der Waals surface area contributed by atoms with Gasteiger partial charge in [-0.3, -0.25) is 9.52 Å². The maximum atomic E-state index is 12.3. The van der Waals surface area contributed by atoms with Gasteiger partial charge in [-0.25, -0.2) is 13.2 Å². The number of ether oxygens (including phenoxy) is 2. The van der Waals surface area contributed by atoms with Crippen molar-refractivity contribution >= 4 is 38.9 Å². The number of thiophene rings is 1. The minimum atomic E-state index is -3.78. The molecule has 1 fully saturated rings. The molecule has 30 heavy (non-hydrogen) atoms. The smallest absolute Gasteiger partial charge is 0.342 e. The number of esters is 1. The van der Waals surface area contributed by atoms with Gasteiger partial charge in [-0.05, 0) is 37.4 Å². The van der Waals surface area contributed by atoms with Crippen molar-refractivity contribution in [2.45, 2.75) is 30.3 Å². The number of morpholine rings is 1. The fourth-order valence-electron chi connectivity index (χ4n) is 3.07. The van der Waals surface area contributed by atoms with Crippen LogP contribution in [0.2, 0.25) is 0 Å². The molecule has 1 aliphatic heterocycles. The molecular weight excluding hydrogens is 432 g/mol. The molecule has 0 spiro atoms. The molecule has 162 valence electrons. The maximum Gasteiger partial charge on any atom is 0.342 e. The van der Waals surface area contributed by atoms with E-state index >= 15 is 0 Å². The molecule has 2 heterocycles. The van der Waals surface area contributed by atoms with E-state index in [9.17, 15) is 23.1 Å². The zero-order valence-electron chi connectivity index (χ0n) is 16.4. The predicted molar refractivity (Wildman–Crippen MR) is 110 cm³/mol. The van der Waals surface area contributed by atoms with Crippen LogP contribution in [0.5, 0.6) is 5.75 Å². The number of sulfonamides is 1. The summed E-state index contributed by atoms with van der Waals surface area (Å²) in [5.74, 6) is -1.71. The van der Waals surface area contributed by atoms with Crippen LogP contribution >= 0.6 is 11.3 Å². The number of hydrogen-bond acceptors (Lipinski definition) is 8. The van der Waals surface area contributed by atoms with E-state index in [1.165, 1.54) is 18.2 Å². The molecule has 1 saturated heterocycles. The molecule has 1 amide bonds. The molecule has 2 N–H and O–H groups in total. The summed E-state index contributed by atoms with van der Waals surface area (Å²) in [5, 5.41) is 11.8. The minimum Gasteiger partial charge on any atom is -0.507 e. The molecular formula is C19H22N2O7S2. The van der Waals surface area contributed by atoms with Gasteiger partial charge < -0.3 is 19.5 Å². The fourth-order valence-corrected chi connectivity index (χ4v) is 5.11. The molecule has 0 saturated carbocycles. The van der Waals surface area contributed by atoms with E-state index in [1.54, 1.807) is 16.3 Å². The second-order valence-corrected chi connectivity index (χ2v) is 9.76. The molecule has 1 aromatic heterocycles. The monoisotopic (exact) mass is 454 g/mol. The quantitative estimate of drug-likeness (QED) is 0.641. The summed E-state index contributed by atoms with van der Waals surface area (Å²) in [7, 11) is -3.78. The third-order valence-corrected chi connectivity index (χ3v) is 7.11. The Labute approximate surface area is 178 Å². The van der Waals surface area contributed by atoms with Crippen LogP contribution < -0.4 is 4.72 Å². The summed E-state index contributed by atoms with van der Waals surface area (Å²) in [6, 6.07) is 6.72. The first-order valence-corrected chi connectivity index (χ1v) is 11.5. The molecule has 1 aromatic carbocycles. The number of nitrogens with one attached hydrogen (secondary N) is 1. The van der Waals surface area contributed by atoms with Gasteiger partial charge >= 0.3 is 5.97 Å².